The van der Waals surface area contributed by atoms with Crippen molar-refractivity contribution >= 4 is 28.4 Å². The largest absolute Gasteiger partial charge is 0.484 e. The van der Waals surface area contributed by atoms with Gasteiger partial charge in [-0.05, 0) is 86.0 Å². The molecule has 5 rings (SSSR count). The zero-order chi connectivity index (χ0) is 24.7. The van der Waals surface area contributed by atoms with E-state index in [9.17, 15) is 13.6 Å². The molecule has 2 atom stereocenters. The van der Waals surface area contributed by atoms with Gasteiger partial charge in [-0.25, -0.2) is 13.5 Å². The van der Waals surface area contributed by atoms with E-state index in [-0.39, 0.29) is 22.2 Å². The summed E-state index contributed by atoms with van der Waals surface area (Å²) in [5, 5.41) is 8.51. The molecule has 1 aromatic heterocycles. The number of ether oxygens (including phenoxy) is 1. The second-order valence-corrected chi connectivity index (χ2v) is 9.75. The molecule has 5 nitrogen and oxygen atoms in total. The minimum absolute atomic E-state index is 0.0443. The quantitative estimate of drug-likeness (QED) is 0.323. The molecule has 0 radical (unpaired) electrons. The summed E-state index contributed by atoms with van der Waals surface area (Å²) in [5.41, 5.74) is 1.71. The molecule has 8 heteroatoms. The van der Waals surface area contributed by atoms with E-state index in [1.807, 2.05) is 26.0 Å². The highest BCUT2D eigenvalue weighted by molar-refractivity contribution is 6.30. The van der Waals surface area contributed by atoms with E-state index in [0.29, 0.717) is 11.3 Å². The second kappa shape index (κ2) is 8.96. The van der Waals surface area contributed by atoms with Crippen molar-refractivity contribution in [2.45, 2.75) is 38.8 Å². The summed E-state index contributed by atoms with van der Waals surface area (Å²) in [4.78, 5) is 12.7. The van der Waals surface area contributed by atoms with Gasteiger partial charge >= 0.3 is 0 Å². The molecule has 1 heterocycles. The third kappa shape index (κ3) is 4.86. The van der Waals surface area contributed by atoms with E-state index in [1.165, 1.54) is 24.3 Å². The highest BCUT2D eigenvalue weighted by Crippen LogP contribution is 2.45. The van der Waals surface area contributed by atoms with Gasteiger partial charge in [0.05, 0.1) is 23.4 Å². The standard InChI is InChI=1S/C27H24ClF2N3O2/c1-16(32-26(34)27(2)9-10-27)25(17-11-19(28)14-21(30)12-17)35-23-7-8-24-18(13-23)15-31-33(24)22-5-3-20(29)4-6-22/h3-8,11-16,25H,9-10H2,1-2H3,(H,32,34). The third-order valence-electron chi connectivity index (χ3n) is 6.45. The zero-order valence-electron chi connectivity index (χ0n) is 19.3. The van der Waals surface area contributed by atoms with Crippen molar-refractivity contribution in [1.29, 1.82) is 0 Å². The van der Waals surface area contributed by atoms with Crippen molar-refractivity contribution in [2.75, 3.05) is 0 Å². The molecule has 0 bridgehead atoms. The number of amides is 1. The van der Waals surface area contributed by atoms with Gasteiger partial charge in [0.25, 0.3) is 0 Å². The SMILES string of the molecule is CC(NC(=O)C1(C)CC1)C(Oc1ccc2c(cnn2-c2ccc(F)cc2)c1)c1cc(F)cc(Cl)c1. The Morgan fingerprint density at radius 3 is 2.51 bits per heavy atom. The van der Waals surface area contributed by atoms with Gasteiger partial charge in [0.2, 0.25) is 5.91 Å². The smallest absolute Gasteiger partial charge is 0.226 e. The zero-order valence-corrected chi connectivity index (χ0v) is 20.0. The molecule has 1 amide bonds. The van der Waals surface area contributed by atoms with Crippen LogP contribution in [0.2, 0.25) is 5.02 Å². The lowest BCUT2D eigenvalue weighted by molar-refractivity contribution is -0.127. The molecule has 3 aromatic carbocycles. The maximum atomic E-state index is 14.2. The van der Waals surface area contributed by atoms with E-state index >= 15 is 0 Å². The van der Waals surface area contributed by atoms with Crippen LogP contribution in [0.4, 0.5) is 8.78 Å². The molecule has 35 heavy (non-hydrogen) atoms. The highest BCUT2D eigenvalue weighted by Gasteiger charge is 2.45. The molecule has 2 unspecified atom stereocenters. The molecule has 1 saturated carbocycles. The lowest BCUT2D eigenvalue weighted by atomic mass is 10.0. The monoisotopic (exact) mass is 495 g/mol. The van der Waals surface area contributed by atoms with Crippen LogP contribution in [0.25, 0.3) is 16.6 Å². The van der Waals surface area contributed by atoms with Crippen LogP contribution in [0.1, 0.15) is 38.4 Å². The summed E-state index contributed by atoms with van der Waals surface area (Å²) in [6.07, 6.45) is 2.70. The van der Waals surface area contributed by atoms with Crippen molar-refractivity contribution < 1.29 is 18.3 Å². The minimum atomic E-state index is -0.681. The molecule has 0 spiro atoms. The van der Waals surface area contributed by atoms with Crippen LogP contribution in [-0.4, -0.2) is 21.7 Å². The van der Waals surface area contributed by atoms with E-state index in [4.69, 9.17) is 16.3 Å². The topological polar surface area (TPSA) is 56.1 Å². The Labute approximate surface area is 206 Å². The number of nitrogens with zero attached hydrogens (tertiary/aromatic N) is 2. The average molecular weight is 496 g/mol. The first-order valence-corrected chi connectivity index (χ1v) is 11.8. The van der Waals surface area contributed by atoms with Gasteiger partial charge in [-0.2, -0.15) is 5.10 Å². The number of halogens is 3. The van der Waals surface area contributed by atoms with Gasteiger partial charge in [-0.15, -0.1) is 0 Å². The van der Waals surface area contributed by atoms with Crippen LogP contribution < -0.4 is 10.1 Å². The number of carbonyl (C=O) groups is 1. The second-order valence-electron chi connectivity index (χ2n) is 9.32. The maximum Gasteiger partial charge on any atom is 0.226 e. The average Bonchev–Trinajstić information content (AvgIpc) is 3.44. The summed E-state index contributed by atoms with van der Waals surface area (Å²) in [6.45, 7) is 3.76. The van der Waals surface area contributed by atoms with Crippen LogP contribution in [0, 0.1) is 17.0 Å². The summed E-state index contributed by atoms with van der Waals surface area (Å²) < 4.78 is 35.5. The van der Waals surface area contributed by atoms with Crippen molar-refractivity contribution in [2.24, 2.45) is 5.41 Å². The lowest BCUT2D eigenvalue weighted by Crippen LogP contribution is -2.42. The lowest BCUT2D eigenvalue weighted by Gasteiger charge is -2.28. The van der Waals surface area contributed by atoms with Crippen LogP contribution in [0.5, 0.6) is 5.75 Å². The normalized spacial score (nSPS) is 16.0. The fourth-order valence-corrected chi connectivity index (χ4v) is 4.32. The number of carbonyl (C=O) groups excluding carboxylic acids is 1. The van der Waals surface area contributed by atoms with Crippen LogP contribution in [0.3, 0.4) is 0 Å². The van der Waals surface area contributed by atoms with Gasteiger partial charge in [0.15, 0.2) is 0 Å². The van der Waals surface area contributed by atoms with Gasteiger partial charge in [-0.1, -0.05) is 18.5 Å². The Morgan fingerprint density at radius 1 is 1.09 bits per heavy atom. The fraction of sp³-hybridized carbons (Fsp3) is 0.259. The van der Waals surface area contributed by atoms with Gasteiger partial charge < -0.3 is 10.1 Å². The number of hydrogen-bond donors (Lipinski definition) is 1. The first-order chi connectivity index (χ1) is 16.7. The van der Waals surface area contributed by atoms with Crippen LogP contribution in [0.15, 0.2) is 66.9 Å². The number of rotatable bonds is 7. The summed E-state index contributed by atoms with van der Waals surface area (Å²) in [5.74, 6) is -0.316. The molecular formula is C27H24ClF2N3O2. The first kappa shape index (κ1) is 23.3. The van der Waals surface area contributed by atoms with E-state index < -0.39 is 18.0 Å². The van der Waals surface area contributed by atoms with Gasteiger partial charge in [0, 0.05) is 15.8 Å². The number of fused-ring (bicyclic) bond motifs is 1. The third-order valence-corrected chi connectivity index (χ3v) is 6.67. The number of hydrogen-bond acceptors (Lipinski definition) is 3. The predicted octanol–water partition coefficient (Wildman–Crippen LogP) is 6.38. The molecule has 0 saturated heterocycles. The van der Waals surface area contributed by atoms with Crippen molar-refractivity contribution in [3.63, 3.8) is 0 Å². The van der Waals surface area contributed by atoms with Gasteiger partial charge in [0.1, 0.15) is 23.5 Å². The van der Waals surface area contributed by atoms with Crippen molar-refractivity contribution in [3.05, 3.63) is 89.1 Å². The van der Waals surface area contributed by atoms with Gasteiger partial charge in [-0.3, -0.25) is 4.79 Å². The van der Waals surface area contributed by atoms with Crippen LogP contribution in [-0.2, 0) is 4.79 Å². The maximum absolute atomic E-state index is 14.2. The van der Waals surface area contributed by atoms with E-state index in [1.54, 1.807) is 35.1 Å². The molecule has 180 valence electrons. The first-order valence-electron chi connectivity index (χ1n) is 11.4. The Morgan fingerprint density at radius 2 is 1.83 bits per heavy atom. The Bertz CT molecular complexity index is 1380. The molecule has 1 fully saturated rings. The highest BCUT2D eigenvalue weighted by atomic mass is 35.5. The molecular weight excluding hydrogens is 472 g/mol. The molecule has 1 aliphatic carbocycles. The number of nitrogens with one attached hydrogen (secondary N) is 1. The minimum Gasteiger partial charge on any atom is -0.484 e. The Balaban J connectivity index is 1.45. The Kier molecular flexibility index (Phi) is 5.97. The summed E-state index contributed by atoms with van der Waals surface area (Å²) in [7, 11) is 0. The molecule has 0 aliphatic heterocycles. The van der Waals surface area contributed by atoms with Crippen molar-refractivity contribution in [1.82, 2.24) is 15.1 Å². The fourth-order valence-electron chi connectivity index (χ4n) is 4.09. The summed E-state index contributed by atoms with van der Waals surface area (Å²) in [6, 6.07) is 15.3. The molecule has 1 aliphatic rings. The van der Waals surface area contributed by atoms with E-state index in [2.05, 4.69) is 10.4 Å². The van der Waals surface area contributed by atoms with Crippen LogP contribution >= 0.6 is 11.6 Å². The predicted molar refractivity (Wildman–Crippen MR) is 131 cm³/mol. The molecule has 4 aromatic rings. The number of aromatic nitrogens is 2. The van der Waals surface area contributed by atoms with Crippen molar-refractivity contribution in [3.8, 4) is 11.4 Å². The number of benzene rings is 3. The van der Waals surface area contributed by atoms with E-state index in [0.717, 1.165) is 29.4 Å². The summed E-state index contributed by atoms with van der Waals surface area (Å²) >= 11 is 6.12. The molecule has 1 N–H and O–H groups in total. The Hall–Kier alpha value is -3.45.